The Morgan fingerprint density at radius 2 is 1.80 bits per heavy atom. The zero-order valence-corrected chi connectivity index (χ0v) is 13.5. The zero-order valence-electron chi connectivity index (χ0n) is 13.5. The molecule has 130 valence electrons. The molecule has 0 fully saturated rings. The van der Waals surface area contributed by atoms with Crippen molar-refractivity contribution in [3.8, 4) is 5.75 Å². The van der Waals surface area contributed by atoms with Crippen LogP contribution in [0.15, 0.2) is 53.7 Å². The first-order valence-electron chi connectivity index (χ1n) is 7.39. The third-order valence-corrected chi connectivity index (χ3v) is 3.17. The van der Waals surface area contributed by atoms with Gasteiger partial charge in [-0.15, -0.1) is 0 Å². The molecule has 0 unspecified atom stereocenters. The lowest BCUT2D eigenvalue weighted by molar-refractivity contribution is -0.384. The van der Waals surface area contributed by atoms with Crippen molar-refractivity contribution in [3.05, 3.63) is 69.8 Å². The molecule has 8 nitrogen and oxygen atoms in total. The number of non-ortho nitro benzene ring substituents is 1. The lowest BCUT2D eigenvalue weighted by Crippen LogP contribution is -2.18. The van der Waals surface area contributed by atoms with Crippen LogP contribution in [0.4, 0.5) is 5.69 Å². The first kappa shape index (κ1) is 17.9. The van der Waals surface area contributed by atoms with E-state index in [0.29, 0.717) is 11.3 Å². The molecule has 2 aromatic rings. The number of hydrogen-bond acceptors (Lipinski definition) is 6. The van der Waals surface area contributed by atoms with Gasteiger partial charge in [0.1, 0.15) is 11.6 Å². The molecule has 0 saturated heterocycles. The van der Waals surface area contributed by atoms with E-state index in [-0.39, 0.29) is 24.6 Å². The molecule has 0 radical (unpaired) electrons. The number of nitro groups is 1. The number of hydrogen-bond donors (Lipinski definition) is 1. The summed E-state index contributed by atoms with van der Waals surface area (Å²) in [6, 6.07) is 13.1. The second-order valence-corrected chi connectivity index (χ2v) is 5.25. The minimum absolute atomic E-state index is 0.0149. The molecule has 0 aliphatic carbocycles. The van der Waals surface area contributed by atoms with Gasteiger partial charge in [-0.2, -0.15) is 0 Å². The van der Waals surface area contributed by atoms with Gasteiger partial charge >= 0.3 is 5.97 Å². The third-order valence-electron chi connectivity index (χ3n) is 3.17. The molecule has 0 amide bonds. The molecule has 25 heavy (non-hydrogen) atoms. The fourth-order valence-electron chi connectivity index (χ4n) is 1.89. The molecule has 0 aliphatic rings. The van der Waals surface area contributed by atoms with Crippen molar-refractivity contribution >= 4 is 17.5 Å². The van der Waals surface area contributed by atoms with Crippen molar-refractivity contribution in [1.29, 1.82) is 0 Å². The van der Waals surface area contributed by atoms with E-state index in [1.54, 1.807) is 24.3 Å². The van der Waals surface area contributed by atoms with Gasteiger partial charge in [0, 0.05) is 18.6 Å². The highest BCUT2D eigenvalue weighted by Gasteiger charge is 2.07. The monoisotopic (exact) mass is 343 g/mol. The van der Waals surface area contributed by atoms with Crippen LogP contribution in [-0.2, 0) is 16.1 Å². The lowest BCUT2D eigenvalue weighted by Gasteiger charge is -2.05. The molecule has 0 saturated carbocycles. The predicted octanol–water partition coefficient (Wildman–Crippen LogP) is 2.34. The first-order chi connectivity index (χ1) is 11.9. The fourth-order valence-corrected chi connectivity index (χ4v) is 1.89. The van der Waals surface area contributed by atoms with Crippen LogP contribution in [0.25, 0.3) is 0 Å². The zero-order chi connectivity index (χ0) is 18.2. The SMILES string of the molecule is Cc1ccc(OCC(=O)O/N=C(\N)Cc2ccc([N+](=O)[O-])cc2)cc1. The van der Waals surface area contributed by atoms with Gasteiger partial charge in [0.05, 0.1) is 4.92 Å². The normalized spacial score (nSPS) is 11.0. The fraction of sp³-hybridized carbons (Fsp3) is 0.176. The molecule has 0 aromatic heterocycles. The Morgan fingerprint density at radius 3 is 2.40 bits per heavy atom. The topological polar surface area (TPSA) is 117 Å². The van der Waals surface area contributed by atoms with Gasteiger partial charge in [0.15, 0.2) is 6.61 Å². The maximum absolute atomic E-state index is 11.6. The van der Waals surface area contributed by atoms with E-state index in [1.165, 1.54) is 12.1 Å². The quantitative estimate of drug-likeness (QED) is 0.271. The summed E-state index contributed by atoms with van der Waals surface area (Å²) in [5.41, 5.74) is 7.45. The minimum atomic E-state index is -0.688. The van der Waals surface area contributed by atoms with Gasteiger partial charge in [-0.3, -0.25) is 10.1 Å². The first-order valence-corrected chi connectivity index (χ1v) is 7.39. The predicted molar refractivity (Wildman–Crippen MR) is 91.2 cm³/mol. The summed E-state index contributed by atoms with van der Waals surface area (Å²) in [5, 5.41) is 14.1. The van der Waals surface area contributed by atoms with E-state index < -0.39 is 10.9 Å². The van der Waals surface area contributed by atoms with Gasteiger partial charge in [0.2, 0.25) is 0 Å². The van der Waals surface area contributed by atoms with Crippen LogP contribution in [0.5, 0.6) is 5.75 Å². The summed E-state index contributed by atoms with van der Waals surface area (Å²) in [6.45, 7) is 1.65. The Hall–Kier alpha value is -3.42. The van der Waals surface area contributed by atoms with Crippen LogP contribution in [0.3, 0.4) is 0 Å². The molecule has 0 aliphatic heterocycles. The van der Waals surface area contributed by atoms with Crippen molar-refractivity contribution in [3.63, 3.8) is 0 Å². The number of nitrogens with two attached hydrogens (primary N) is 1. The van der Waals surface area contributed by atoms with Crippen LogP contribution in [0.2, 0.25) is 0 Å². The second-order valence-electron chi connectivity index (χ2n) is 5.25. The van der Waals surface area contributed by atoms with E-state index in [9.17, 15) is 14.9 Å². The summed E-state index contributed by atoms with van der Waals surface area (Å²) >= 11 is 0. The van der Waals surface area contributed by atoms with Crippen molar-refractivity contribution in [2.45, 2.75) is 13.3 Å². The summed E-state index contributed by atoms with van der Waals surface area (Å²) in [5.74, 6) is -0.0739. The number of ether oxygens (including phenoxy) is 1. The van der Waals surface area contributed by atoms with Crippen LogP contribution < -0.4 is 10.5 Å². The number of benzene rings is 2. The van der Waals surface area contributed by atoms with E-state index in [0.717, 1.165) is 5.56 Å². The average Bonchev–Trinajstić information content (AvgIpc) is 2.60. The number of nitrogens with zero attached hydrogens (tertiary/aromatic N) is 2. The minimum Gasteiger partial charge on any atom is -0.482 e. The Bertz CT molecular complexity index is 770. The molecule has 8 heteroatoms. The van der Waals surface area contributed by atoms with Crippen molar-refractivity contribution in [1.82, 2.24) is 0 Å². The van der Waals surface area contributed by atoms with E-state index in [1.807, 2.05) is 19.1 Å². The Balaban J connectivity index is 1.80. The largest absolute Gasteiger partial charge is 0.482 e. The smallest absolute Gasteiger partial charge is 0.372 e. The number of amidine groups is 1. The molecule has 2 rings (SSSR count). The molecular formula is C17H17N3O5. The number of oxime groups is 1. The van der Waals surface area contributed by atoms with Crippen molar-refractivity contribution in [2.75, 3.05) is 6.61 Å². The Morgan fingerprint density at radius 1 is 1.16 bits per heavy atom. The standard InChI is InChI=1S/C17H17N3O5/c1-12-2-8-15(9-3-12)24-11-17(21)25-19-16(18)10-13-4-6-14(7-5-13)20(22)23/h2-9H,10-11H2,1H3,(H2,18,19). The number of carbonyl (C=O) groups is 1. The van der Waals surface area contributed by atoms with Gasteiger partial charge < -0.3 is 15.3 Å². The van der Waals surface area contributed by atoms with Crippen molar-refractivity contribution < 1.29 is 19.3 Å². The number of aryl methyl sites for hydroxylation is 1. The Kier molecular flexibility index (Phi) is 6.05. The van der Waals surface area contributed by atoms with Gasteiger partial charge in [0.25, 0.3) is 5.69 Å². The number of carbonyl (C=O) groups excluding carboxylic acids is 1. The number of nitro benzene ring substituents is 1. The van der Waals surface area contributed by atoms with Crippen LogP contribution in [0, 0.1) is 17.0 Å². The molecule has 0 heterocycles. The van der Waals surface area contributed by atoms with E-state index >= 15 is 0 Å². The summed E-state index contributed by atoms with van der Waals surface area (Å²) in [4.78, 5) is 26.3. The van der Waals surface area contributed by atoms with Gasteiger partial charge in [-0.1, -0.05) is 35.0 Å². The van der Waals surface area contributed by atoms with Crippen LogP contribution in [-0.4, -0.2) is 23.3 Å². The molecular weight excluding hydrogens is 326 g/mol. The molecule has 2 N–H and O–H groups in total. The highest BCUT2D eigenvalue weighted by atomic mass is 16.7. The van der Waals surface area contributed by atoms with E-state index in [4.69, 9.17) is 10.5 Å². The highest BCUT2D eigenvalue weighted by Crippen LogP contribution is 2.13. The van der Waals surface area contributed by atoms with Gasteiger partial charge in [-0.25, -0.2) is 4.79 Å². The molecule has 2 aromatic carbocycles. The third kappa shape index (κ3) is 5.94. The summed E-state index contributed by atoms with van der Waals surface area (Å²) < 4.78 is 5.26. The van der Waals surface area contributed by atoms with E-state index in [2.05, 4.69) is 9.99 Å². The summed E-state index contributed by atoms with van der Waals surface area (Å²) in [6.07, 6.45) is 0.199. The Labute approximate surface area is 144 Å². The van der Waals surface area contributed by atoms with Crippen molar-refractivity contribution in [2.24, 2.45) is 10.9 Å². The highest BCUT2D eigenvalue weighted by molar-refractivity contribution is 5.83. The summed E-state index contributed by atoms with van der Waals surface area (Å²) in [7, 11) is 0. The van der Waals surface area contributed by atoms with Crippen LogP contribution >= 0.6 is 0 Å². The number of rotatable bonds is 7. The molecule has 0 bridgehead atoms. The maximum Gasteiger partial charge on any atom is 0.372 e. The lowest BCUT2D eigenvalue weighted by atomic mass is 10.1. The maximum atomic E-state index is 11.6. The molecule has 0 spiro atoms. The van der Waals surface area contributed by atoms with Gasteiger partial charge in [-0.05, 0) is 24.6 Å². The second kappa shape index (κ2) is 8.44. The van der Waals surface area contributed by atoms with Crippen LogP contribution in [0.1, 0.15) is 11.1 Å². The molecule has 0 atom stereocenters. The average molecular weight is 343 g/mol.